The van der Waals surface area contributed by atoms with Gasteiger partial charge in [-0.05, 0) is 113 Å². The molecular formula is C47H61N9O15S2. The molecule has 73 heavy (non-hydrogen) atoms. The molecule has 1 atom stereocenters. The molecule has 0 spiro atoms. The Morgan fingerprint density at radius 1 is 0.726 bits per heavy atom. The summed E-state index contributed by atoms with van der Waals surface area (Å²) in [5.74, 6) is -3.83. The number of phenolic OH excluding ortho intramolecular Hbond substituents is 1. The molecular weight excluding hydrogens is 995 g/mol. The van der Waals surface area contributed by atoms with Crippen molar-refractivity contribution in [2.75, 3.05) is 76.5 Å². The summed E-state index contributed by atoms with van der Waals surface area (Å²) in [7, 11) is -10.2. The van der Waals surface area contributed by atoms with E-state index in [1.165, 1.54) is 6.07 Å². The number of rotatable bonds is 19. The summed E-state index contributed by atoms with van der Waals surface area (Å²) in [6, 6.07) is 12.3. The van der Waals surface area contributed by atoms with Gasteiger partial charge in [-0.25, -0.2) is 4.79 Å². The van der Waals surface area contributed by atoms with E-state index in [2.05, 4.69) is 26.2 Å². The number of aryl methyl sites for hydroxylation is 2. The van der Waals surface area contributed by atoms with Crippen molar-refractivity contribution in [2.24, 2.45) is 10.2 Å². The van der Waals surface area contributed by atoms with E-state index in [9.17, 15) is 65.2 Å². The van der Waals surface area contributed by atoms with Gasteiger partial charge < -0.3 is 41.7 Å². The van der Waals surface area contributed by atoms with Gasteiger partial charge in [0.15, 0.2) is 5.75 Å². The molecule has 1 aliphatic heterocycles. The summed E-state index contributed by atoms with van der Waals surface area (Å²) in [4.78, 5) is 66.1. The first-order chi connectivity index (χ1) is 34.1. The minimum absolute atomic E-state index is 0.152. The van der Waals surface area contributed by atoms with Gasteiger partial charge in [0, 0.05) is 56.9 Å². The fraction of sp³-hybridized carbons (Fsp3) is 0.426. The van der Waals surface area contributed by atoms with Crippen LogP contribution in [0.3, 0.4) is 0 Å². The first-order valence-electron chi connectivity index (χ1n) is 22.9. The van der Waals surface area contributed by atoms with Crippen molar-refractivity contribution < 1.29 is 70.0 Å². The van der Waals surface area contributed by atoms with Gasteiger partial charge in [0.1, 0.15) is 27.1 Å². The van der Waals surface area contributed by atoms with E-state index in [4.69, 9.17) is 10.5 Å². The molecule has 1 heterocycles. The predicted octanol–water partition coefficient (Wildman–Crippen LogP) is 4.53. The molecule has 1 saturated heterocycles. The fourth-order valence-corrected chi connectivity index (χ4v) is 9.39. The third kappa shape index (κ3) is 16.6. The van der Waals surface area contributed by atoms with Gasteiger partial charge in [0.2, 0.25) is 11.8 Å². The van der Waals surface area contributed by atoms with Crippen molar-refractivity contribution in [3.8, 4) is 16.9 Å². The maximum absolute atomic E-state index is 14.0. The number of hydrogen-bond donors (Lipinski definition) is 9. The quantitative estimate of drug-likeness (QED) is 0.0269. The topological polar surface area (TPSA) is 361 Å². The maximum Gasteiger partial charge on any atom is 0.407 e. The molecule has 4 aromatic carbocycles. The van der Waals surface area contributed by atoms with E-state index < -0.39 is 88.3 Å². The van der Waals surface area contributed by atoms with E-state index in [-0.39, 0.29) is 43.7 Å². The summed E-state index contributed by atoms with van der Waals surface area (Å²) in [5.41, 5.74) is 7.93. The summed E-state index contributed by atoms with van der Waals surface area (Å²) >= 11 is 0. The second-order valence-corrected chi connectivity index (χ2v) is 21.3. The Kier molecular flexibility index (Phi) is 19.0. The number of fused-ring (bicyclic) bond motifs is 1. The Morgan fingerprint density at radius 3 is 1.77 bits per heavy atom. The van der Waals surface area contributed by atoms with Crippen LogP contribution in [0.4, 0.5) is 27.5 Å². The molecule has 0 aromatic heterocycles. The number of phenols is 1. The van der Waals surface area contributed by atoms with Gasteiger partial charge in [-0.2, -0.15) is 21.9 Å². The number of carbonyl (C=O) groups excluding carboxylic acids is 3. The lowest BCUT2D eigenvalue weighted by atomic mass is 10.00. The summed E-state index contributed by atoms with van der Waals surface area (Å²) < 4.78 is 73.0. The molecule has 0 unspecified atom stereocenters. The molecule has 4 aromatic rings. The van der Waals surface area contributed by atoms with Gasteiger partial charge in [0.25, 0.3) is 20.2 Å². The number of azo groups is 1. The van der Waals surface area contributed by atoms with Crippen LogP contribution in [0.2, 0.25) is 0 Å². The molecule has 1 fully saturated rings. The van der Waals surface area contributed by atoms with Crippen LogP contribution in [-0.2, 0) is 44.2 Å². The number of amides is 3. The average Bonchev–Trinajstić information content (AvgIpc) is 3.35. The number of carbonyl (C=O) groups is 5. The Balaban J connectivity index is 1.32. The van der Waals surface area contributed by atoms with Gasteiger partial charge >= 0.3 is 18.0 Å². The minimum Gasteiger partial charge on any atom is -0.505 e. The number of nitrogens with one attached hydrogen (secondary N) is 3. The minimum atomic E-state index is -5.10. The Labute approximate surface area is 422 Å². The zero-order chi connectivity index (χ0) is 54.0. The smallest absolute Gasteiger partial charge is 0.407 e. The van der Waals surface area contributed by atoms with Crippen LogP contribution in [0.1, 0.15) is 51.2 Å². The van der Waals surface area contributed by atoms with Crippen LogP contribution in [-0.4, -0.2) is 163 Å². The van der Waals surface area contributed by atoms with E-state index >= 15 is 0 Å². The number of nitrogens with zero attached hydrogens (tertiary/aromatic N) is 5. The third-order valence-electron chi connectivity index (χ3n) is 11.6. The largest absolute Gasteiger partial charge is 0.505 e. The highest BCUT2D eigenvalue weighted by atomic mass is 32.2. The van der Waals surface area contributed by atoms with Crippen molar-refractivity contribution in [1.29, 1.82) is 0 Å². The van der Waals surface area contributed by atoms with E-state index in [0.29, 0.717) is 80.7 Å². The summed E-state index contributed by atoms with van der Waals surface area (Å²) in [6.07, 6.45) is 0.491. The average molecular weight is 1060 g/mol. The zero-order valence-corrected chi connectivity index (χ0v) is 42.5. The zero-order valence-electron chi connectivity index (χ0n) is 40.9. The van der Waals surface area contributed by atoms with Crippen LogP contribution in [0.15, 0.2) is 74.6 Å². The van der Waals surface area contributed by atoms with Crippen molar-refractivity contribution in [1.82, 2.24) is 25.3 Å². The highest BCUT2D eigenvalue weighted by molar-refractivity contribution is 7.87. The number of nitrogens with two attached hydrogens (primary N) is 1. The molecule has 10 N–H and O–H groups in total. The number of alkyl carbamates (subject to hydrolysis) is 1. The number of carboxylic acid groups (broad SMARTS) is 2. The monoisotopic (exact) mass is 1060 g/mol. The van der Waals surface area contributed by atoms with Crippen molar-refractivity contribution >= 4 is 83.6 Å². The van der Waals surface area contributed by atoms with E-state index in [1.54, 1.807) is 79.7 Å². The highest BCUT2D eigenvalue weighted by Gasteiger charge is 2.28. The highest BCUT2D eigenvalue weighted by Crippen LogP contribution is 2.44. The Bertz CT molecular complexity index is 2970. The lowest BCUT2D eigenvalue weighted by Gasteiger charge is -2.26. The van der Waals surface area contributed by atoms with Crippen LogP contribution in [0, 0.1) is 13.8 Å². The number of unbranched alkanes of at least 4 members (excludes halogenated alkanes) is 1. The van der Waals surface area contributed by atoms with Gasteiger partial charge in [-0.15, -0.1) is 5.11 Å². The molecule has 3 amide bonds. The number of carboxylic acids is 2. The number of anilines is 2. The predicted molar refractivity (Wildman–Crippen MR) is 268 cm³/mol. The molecule has 0 bridgehead atoms. The lowest BCUT2D eigenvalue weighted by molar-refractivity contribution is -0.140. The number of nitrogen functional groups attached to an aromatic ring is 1. The molecule has 26 heteroatoms. The molecule has 0 radical (unpaired) electrons. The van der Waals surface area contributed by atoms with Crippen LogP contribution in [0.5, 0.6) is 5.75 Å². The fourth-order valence-electron chi connectivity index (χ4n) is 7.95. The van der Waals surface area contributed by atoms with E-state index in [0.717, 1.165) is 17.2 Å². The summed E-state index contributed by atoms with van der Waals surface area (Å²) in [6.45, 7) is 10.2. The maximum atomic E-state index is 14.0. The molecule has 5 rings (SSSR count). The van der Waals surface area contributed by atoms with Crippen molar-refractivity contribution in [3.63, 3.8) is 0 Å². The van der Waals surface area contributed by atoms with Crippen molar-refractivity contribution in [2.45, 2.75) is 75.3 Å². The van der Waals surface area contributed by atoms with Crippen LogP contribution < -0.4 is 21.7 Å². The molecule has 396 valence electrons. The molecule has 0 aliphatic carbocycles. The molecule has 1 aliphatic rings. The number of aromatic hydroxyl groups is 1. The first-order valence-corrected chi connectivity index (χ1v) is 25.8. The van der Waals surface area contributed by atoms with Gasteiger partial charge in [0.05, 0.1) is 36.4 Å². The number of ether oxygens (including phenoxy) is 1. The number of aliphatic carboxylic acids is 2. The molecule has 24 nitrogen and oxygen atoms in total. The van der Waals surface area contributed by atoms with Gasteiger partial charge in [-0.1, -0.05) is 18.2 Å². The number of benzene rings is 4. The normalized spacial score (nSPS) is 15.0. The standard InChI is InChI=1S/C47H61N9O15S2/c1-28-22-30(31-10-13-34(29(2)23-31)52-53-35-14-11-32-37(72(65,66)67)24-38(73(68,69)70)43(48)42(32)44(35)62)9-12-33(28)51-45(63)36(8-6-7-15-49-46(64)71-47(3,4)5)50-39(57)25-54-16-18-55(26-40(58)59)20-21-56(19-17-54)27-41(60)61/h9-14,22-24,36,62H,6-8,15-21,25-27,48H2,1-5H3,(H,49,64)(H,50,57)(H,51,63)(H,58,59)(H,60,61)(H,65,66,67)(H,68,69,70)/t36-/m1/s1. The van der Waals surface area contributed by atoms with Gasteiger partial charge in [-0.3, -0.25) is 43.0 Å². The second kappa shape index (κ2) is 24.3. The molecule has 0 saturated carbocycles. The Morgan fingerprint density at radius 2 is 1.25 bits per heavy atom. The lowest BCUT2D eigenvalue weighted by Crippen LogP contribution is -2.49. The SMILES string of the molecule is Cc1cc(-c2ccc(NC(=O)[C@@H](CCCCNC(=O)OC(C)(C)C)NC(=O)CN3CCN(CC(=O)O)CCN(CC(=O)O)CC3)c(C)c2)ccc1N=Nc1ccc2c(S(=O)(=O)O)cc(S(=O)(=O)O)c(N)c2c1O. The van der Waals surface area contributed by atoms with Crippen molar-refractivity contribution in [3.05, 3.63) is 65.7 Å². The Hall–Kier alpha value is -6.81. The van der Waals surface area contributed by atoms with Crippen LogP contribution >= 0.6 is 0 Å². The van der Waals surface area contributed by atoms with Crippen LogP contribution in [0.25, 0.3) is 21.9 Å². The summed E-state index contributed by atoms with van der Waals surface area (Å²) in [5, 5.41) is 45.9. The first kappa shape index (κ1) is 57.1. The third-order valence-corrected chi connectivity index (χ3v) is 13.4. The number of hydrogen-bond acceptors (Lipinski definition) is 17. The van der Waals surface area contributed by atoms with E-state index in [1.807, 2.05) is 6.07 Å². The second-order valence-electron chi connectivity index (χ2n) is 18.5.